The number of pyridine rings is 1. The minimum absolute atomic E-state index is 0.00492. The molecule has 0 bridgehead atoms. The van der Waals surface area contributed by atoms with E-state index in [0.29, 0.717) is 11.4 Å². The average molecular weight is 343 g/mol. The van der Waals surface area contributed by atoms with Crippen LogP contribution in [0.15, 0.2) is 79.0 Å². The van der Waals surface area contributed by atoms with Gasteiger partial charge in [0.2, 0.25) is 0 Å². The summed E-state index contributed by atoms with van der Waals surface area (Å²) in [6.07, 6.45) is 1.39. The highest BCUT2D eigenvalue weighted by Crippen LogP contribution is 2.32. The summed E-state index contributed by atoms with van der Waals surface area (Å²) in [6, 6.07) is 23.6. The lowest BCUT2D eigenvalue weighted by Gasteiger charge is -2.08. The Kier molecular flexibility index (Phi) is 4.11. The number of methoxy groups -OCH3 is 1. The summed E-state index contributed by atoms with van der Waals surface area (Å²) in [6.45, 7) is 0. The Labute approximate surface area is 151 Å². The maximum Gasteiger partial charge on any atom is 0.176 e. The lowest BCUT2D eigenvalue weighted by atomic mass is 10.1. The van der Waals surface area contributed by atoms with Crippen molar-refractivity contribution < 1.29 is 9.84 Å². The van der Waals surface area contributed by atoms with Crippen LogP contribution in [0.2, 0.25) is 0 Å². The fourth-order valence-electron chi connectivity index (χ4n) is 2.81. The Morgan fingerprint density at radius 3 is 2.27 bits per heavy atom. The minimum atomic E-state index is 0.00492. The van der Waals surface area contributed by atoms with Gasteiger partial charge in [-0.25, -0.2) is 4.68 Å². The number of para-hydroxylation sites is 1. The van der Waals surface area contributed by atoms with Gasteiger partial charge in [-0.3, -0.25) is 4.98 Å². The highest BCUT2D eigenvalue weighted by Gasteiger charge is 2.15. The van der Waals surface area contributed by atoms with Crippen LogP contribution < -0.4 is 4.74 Å². The second-order valence-corrected chi connectivity index (χ2v) is 5.77. The van der Waals surface area contributed by atoms with Crippen molar-refractivity contribution in [2.45, 2.75) is 0 Å². The number of benzene rings is 2. The number of aromatic nitrogens is 3. The zero-order valence-corrected chi connectivity index (χ0v) is 14.2. The molecule has 128 valence electrons. The molecule has 5 heteroatoms. The molecule has 0 aliphatic carbocycles. The van der Waals surface area contributed by atoms with Crippen molar-refractivity contribution in [2.75, 3.05) is 7.11 Å². The van der Waals surface area contributed by atoms with Gasteiger partial charge in [0.1, 0.15) is 0 Å². The Morgan fingerprint density at radius 1 is 0.885 bits per heavy atom. The predicted molar refractivity (Wildman–Crippen MR) is 100 cm³/mol. The summed E-state index contributed by atoms with van der Waals surface area (Å²) < 4.78 is 7.07. The summed E-state index contributed by atoms with van der Waals surface area (Å²) in [5.74, 6) is 0.377. The third-order valence-electron chi connectivity index (χ3n) is 4.11. The van der Waals surface area contributed by atoms with Crippen LogP contribution in [0.3, 0.4) is 0 Å². The molecule has 0 atom stereocenters. The molecule has 0 saturated heterocycles. The van der Waals surface area contributed by atoms with Crippen molar-refractivity contribution in [1.82, 2.24) is 14.8 Å². The molecule has 4 aromatic rings. The molecule has 2 aromatic heterocycles. The number of rotatable bonds is 4. The Hall–Kier alpha value is -3.60. The second kappa shape index (κ2) is 6.72. The van der Waals surface area contributed by atoms with E-state index in [-0.39, 0.29) is 5.75 Å². The quantitative estimate of drug-likeness (QED) is 0.600. The fraction of sp³-hybridized carbons (Fsp3) is 0.0476. The van der Waals surface area contributed by atoms with E-state index in [1.165, 1.54) is 13.3 Å². The molecule has 0 spiro atoms. The van der Waals surface area contributed by atoms with E-state index >= 15 is 0 Å². The molecular formula is C21H17N3O2. The van der Waals surface area contributed by atoms with E-state index in [4.69, 9.17) is 9.84 Å². The van der Waals surface area contributed by atoms with E-state index < -0.39 is 0 Å². The Morgan fingerprint density at radius 2 is 1.58 bits per heavy atom. The number of hydrogen-bond donors (Lipinski definition) is 1. The van der Waals surface area contributed by atoms with Gasteiger partial charge in [-0.2, -0.15) is 5.10 Å². The van der Waals surface area contributed by atoms with Gasteiger partial charge in [-0.15, -0.1) is 0 Å². The third-order valence-corrected chi connectivity index (χ3v) is 4.11. The largest absolute Gasteiger partial charge is 0.503 e. The van der Waals surface area contributed by atoms with E-state index in [9.17, 15) is 5.11 Å². The first-order chi connectivity index (χ1) is 12.8. The predicted octanol–water partition coefficient (Wildman–Crippen LogP) is 4.32. The molecule has 0 unspecified atom stereocenters. The second-order valence-electron chi connectivity index (χ2n) is 5.77. The van der Waals surface area contributed by atoms with Crippen molar-refractivity contribution in [3.63, 3.8) is 0 Å². The Bertz CT molecular complexity index is 1030. The molecule has 5 nitrogen and oxygen atoms in total. The van der Waals surface area contributed by atoms with Crippen molar-refractivity contribution in [2.24, 2.45) is 0 Å². The van der Waals surface area contributed by atoms with E-state index in [1.54, 1.807) is 6.07 Å². The standard InChI is InChI=1S/C21H17N3O2/c1-26-21-13-18(22-14-20(21)25)19-12-17(15-8-4-2-5-9-15)23-24(19)16-10-6-3-7-11-16/h2-14,25H,1H3. The van der Waals surface area contributed by atoms with Crippen LogP contribution in [-0.2, 0) is 0 Å². The number of hydrogen-bond acceptors (Lipinski definition) is 4. The molecule has 0 fully saturated rings. The van der Waals surface area contributed by atoms with E-state index in [1.807, 2.05) is 71.4 Å². The summed E-state index contributed by atoms with van der Waals surface area (Å²) in [4.78, 5) is 4.36. The van der Waals surface area contributed by atoms with Crippen LogP contribution in [-0.4, -0.2) is 27.0 Å². The maximum atomic E-state index is 9.84. The van der Waals surface area contributed by atoms with Gasteiger partial charge in [0.05, 0.1) is 36.1 Å². The van der Waals surface area contributed by atoms with Crippen LogP contribution >= 0.6 is 0 Å². The minimum Gasteiger partial charge on any atom is -0.503 e. The van der Waals surface area contributed by atoms with Crippen LogP contribution in [0.5, 0.6) is 11.5 Å². The number of aromatic hydroxyl groups is 1. The summed E-state index contributed by atoms with van der Waals surface area (Å²) in [5, 5.41) is 14.6. The molecule has 2 aromatic carbocycles. The lowest BCUT2D eigenvalue weighted by molar-refractivity contribution is 0.372. The van der Waals surface area contributed by atoms with Gasteiger partial charge in [0.25, 0.3) is 0 Å². The van der Waals surface area contributed by atoms with Gasteiger partial charge < -0.3 is 9.84 Å². The van der Waals surface area contributed by atoms with Crippen LogP contribution in [0.1, 0.15) is 0 Å². The fourth-order valence-corrected chi connectivity index (χ4v) is 2.81. The first-order valence-electron chi connectivity index (χ1n) is 8.20. The van der Waals surface area contributed by atoms with Crippen molar-refractivity contribution >= 4 is 0 Å². The van der Waals surface area contributed by atoms with Crippen LogP contribution in [0, 0.1) is 0 Å². The molecule has 0 amide bonds. The molecule has 0 aliphatic rings. The third kappa shape index (κ3) is 2.91. The maximum absolute atomic E-state index is 9.84. The first-order valence-corrected chi connectivity index (χ1v) is 8.20. The summed E-state index contributed by atoms with van der Waals surface area (Å²) in [5.41, 5.74) is 4.28. The normalized spacial score (nSPS) is 10.7. The Balaban J connectivity index is 1.91. The average Bonchev–Trinajstić information content (AvgIpc) is 3.15. The molecule has 1 N–H and O–H groups in total. The van der Waals surface area contributed by atoms with Crippen molar-refractivity contribution in [3.8, 4) is 39.8 Å². The number of ether oxygens (including phenoxy) is 1. The van der Waals surface area contributed by atoms with Gasteiger partial charge >= 0.3 is 0 Å². The van der Waals surface area contributed by atoms with Crippen LogP contribution in [0.25, 0.3) is 28.3 Å². The monoisotopic (exact) mass is 343 g/mol. The van der Waals surface area contributed by atoms with Crippen molar-refractivity contribution in [3.05, 3.63) is 79.0 Å². The van der Waals surface area contributed by atoms with Crippen molar-refractivity contribution in [1.29, 1.82) is 0 Å². The van der Waals surface area contributed by atoms with E-state index in [2.05, 4.69) is 4.98 Å². The summed E-state index contributed by atoms with van der Waals surface area (Å²) >= 11 is 0. The van der Waals surface area contributed by atoms with E-state index in [0.717, 1.165) is 22.6 Å². The smallest absolute Gasteiger partial charge is 0.176 e. The zero-order valence-electron chi connectivity index (χ0n) is 14.2. The van der Waals surface area contributed by atoms with Gasteiger partial charge in [0, 0.05) is 11.6 Å². The molecule has 0 radical (unpaired) electrons. The molecule has 0 aliphatic heterocycles. The molecular weight excluding hydrogens is 326 g/mol. The van der Waals surface area contributed by atoms with Gasteiger partial charge in [-0.1, -0.05) is 48.5 Å². The number of nitrogens with zero attached hydrogens (tertiary/aromatic N) is 3. The topological polar surface area (TPSA) is 60.2 Å². The zero-order chi connectivity index (χ0) is 17.9. The molecule has 2 heterocycles. The first kappa shape index (κ1) is 15.9. The highest BCUT2D eigenvalue weighted by atomic mass is 16.5. The van der Waals surface area contributed by atoms with Gasteiger partial charge in [-0.05, 0) is 18.2 Å². The highest BCUT2D eigenvalue weighted by molar-refractivity contribution is 5.69. The molecule has 26 heavy (non-hydrogen) atoms. The van der Waals surface area contributed by atoms with Gasteiger partial charge in [0.15, 0.2) is 11.5 Å². The molecule has 4 rings (SSSR count). The summed E-state index contributed by atoms with van der Waals surface area (Å²) in [7, 11) is 1.52. The van der Waals surface area contributed by atoms with Crippen LogP contribution in [0.4, 0.5) is 0 Å². The lowest BCUT2D eigenvalue weighted by Crippen LogP contribution is -2.00. The molecule has 0 saturated carbocycles. The SMILES string of the molecule is COc1cc(-c2cc(-c3ccccc3)nn2-c2ccccc2)ncc1O.